The molecular formula is C26H28N6O4. The Morgan fingerprint density at radius 1 is 1.17 bits per heavy atom. The number of carbonyl (C=O) groups is 2. The molecule has 5 rings (SSSR count). The number of Topliss-reactive ketones (excluding diaryl/α,β-unsaturated/α-hetero) is 1. The number of amides is 1. The standard InChI is InChI=1S/C26H28N6O4/c1-15-5-8-17(9-6-15)27-22(34)14-36-20-10-7-16(11-21(20)35-4)24-23-18(12-26(2,3)13-19(23)33)28-25-29-30-31-32(24)25/h5-11,24H,12-14H2,1-4H3,(H,27,34)(H,28,29,31)/t24-/m0/s1. The number of tetrazole rings is 1. The van der Waals surface area contributed by atoms with Crippen molar-refractivity contribution in [2.24, 2.45) is 5.41 Å². The molecule has 3 aromatic rings. The molecule has 1 aromatic heterocycles. The second kappa shape index (κ2) is 9.10. The minimum absolute atomic E-state index is 0.0620. The largest absolute Gasteiger partial charge is 0.493 e. The number of nitrogens with one attached hydrogen (secondary N) is 2. The first-order valence-electron chi connectivity index (χ1n) is 11.7. The number of allylic oxidation sites excluding steroid dienone is 2. The molecule has 2 heterocycles. The van der Waals surface area contributed by atoms with E-state index in [1.54, 1.807) is 16.8 Å². The van der Waals surface area contributed by atoms with Crippen molar-refractivity contribution in [1.29, 1.82) is 0 Å². The third-order valence-corrected chi connectivity index (χ3v) is 6.39. The zero-order valence-electron chi connectivity index (χ0n) is 20.7. The Morgan fingerprint density at radius 3 is 2.69 bits per heavy atom. The molecule has 1 aliphatic carbocycles. The molecule has 1 aliphatic heterocycles. The molecule has 10 heteroatoms. The van der Waals surface area contributed by atoms with E-state index >= 15 is 0 Å². The average molecular weight is 489 g/mol. The maximum Gasteiger partial charge on any atom is 0.262 e. The number of hydrogen-bond donors (Lipinski definition) is 2. The summed E-state index contributed by atoms with van der Waals surface area (Å²) in [7, 11) is 1.53. The number of ketones is 1. The van der Waals surface area contributed by atoms with Crippen molar-refractivity contribution in [2.45, 2.75) is 39.7 Å². The first kappa shape index (κ1) is 23.5. The number of anilines is 2. The van der Waals surface area contributed by atoms with Crippen LogP contribution in [0.5, 0.6) is 11.5 Å². The molecule has 0 saturated heterocycles. The van der Waals surface area contributed by atoms with Gasteiger partial charge >= 0.3 is 0 Å². The van der Waals surface area contributed by atoms with Gasteiger partial charge in [0.05, 0.1) is 7.11 Å². The zero-order chi connectivity index (χ0) is 25.4. The number of hydrogen-bond acceptors (Lipinski definition) is 8. The lowest BCUT2D eigenvalue weighted by Gasteiger charge is -2.37. The van der Waals surface area contributed by atoms with Crippen molar-refractivity contribution in [1.82, 2.24) is 20.2 Å². The summed E-state index contributed by atoms with van der Waals surface area (Å²) in [6, 6.07) is 12.4. The van der Waals surface area contributed by atoms with E-state index in [1.807, 2.05) is 37.3 Å². The molecule has 186 valence electrons. The summed E-state index contributed by atoms with van der Waals surface area (Å²) in [5, 5.41) is 18.1. The van der Waals surface area contributed by atoms with Crippen LogP contribution in [0.25, 0.3) is 0 Å². The maximum atomic E-state index is 13.2. The molecule has 2 aromatic carbocycles. The van der Waals surface area contributed by atoms with Crippen molar-refractivity contribution < 1.29 is 19.1 Å². The van der Waals surface area contributed by atoms with Crippen LogP contribution in [0.4, 0.5) is 11.6 Å². The molecule has 1 atom stereocenters. The molecule has 0 fully saturated rings. The summed E-state index contributed by atoms with van der Waals surface area (Å²) in [4.78, 5) is 25.6. The Labute approximate surface area is 208 Å². The van der Waals surface area contributed by atoms with Crippen molar-refractivity contribution in [3.63, 3.8) is 0 Å². The van der Waals surface area contributed by atoms with Crippen LogP contribution in [0.1, 0.15) is 43.9 Å². The highest BCUT2D eigenvalue weighted by Gasteiger charge is 2.42. The Bertz CT molecular complexity index is 1360. The van der Waals surface area contributed by atoms with Gasteiger partial charge in [0.2, 0.25) is 5.95 Å². The van der Waals surface area contributed by atoms with Crippen LogP contribution in [-0.4, -0.2) is 45.6 Å². The van der Waals surface area contributed by atoms with Crippen molar-refractivity contribution >= 4 is 23.3 Å². The van der Waals surface area contributed by atoms with E-state index in [0.29, 0.717) is 41.5 Å². The summed E-state index contributed by atoms with van der Waals surface area (Å²) in [5.74, 6) is 1.11. The number of aromatic nitrogens is 4. The molecule has 2 aliphatic rings. The number of methoxy groups -OCH3 is 1. The van der Waals surface area contributed by atoms with Crippen LogP contribution < -0.4 is 20.1 Å². The Morgan fingerprint density at radius 2 is 1.94 bits per heavy atom. The van der Waals surface area contributed by atoms with Gasteiger partial charge in [0.1, 0.15) is 6.04 Å². The average Bonchev–Trinajstić information content (AvgIpc) is 3.30. The molecule has 0 bridgehead atoms. The molecule has 0 unspecified atom stereocenters. The normalized spacial score (nSPS) is 18.1. The highest BCUT2D eigenvalue weighted by Crippen LogP contribution is 2.46. The number of carbonyl (C=O) groups excluding carboxylic acids is 2. The van der Waals surface area contributed by atoms with E-state index in [2.05, 4.69) is 40.0 Å². The molecular weight excluding hydrogens is 460 g/mol. The number of aryl methyl sites for hydroxylation is 1. The van der Waals surface area contributed by atoms with E-state index in [9.17, 15) is 9.59 Å². The number of fused-ring (bicyclic) bond motifs is 1. The molecule has 2 N–H and O–H groups in total. The third kappa shape index (κ3) is 4.53. The van der Waals surface area contributed by atoms with Crippen molar-refractivity contribution in [3.05, 3.63) is 64.9 Å². The Kier molecular flexibility index (Phi) is 5.95. The van der Waals surface area contributed by atoms with Gasteiger partial charge in [-0.15, -0.1) is 0 Å². The number of ether oxygens (including phenoxy) is 2. The lowest BCUT2D eigenvalue weighted by atomic mass is 9.73. The van der Waals surface area contributed by atoms with Gasteiger partial charge in [0.15, 0.2) is 23.9 Å². The topological polar surface area (TPSA) is 120 Å². The monoisotopic (exact) mass is 488 g/mol. The summed E-state index contributed by atoms with van der Waals surface area (Å²) >= 11 is 0. The van der Waals surface area contributed by atoms with Crippen LogP contribution >= 0.6 is 0 Å². The van der Waals surface area contributed by atoms with Crippen LogP contribution in [0.15, 0.2) is 53.7 Å². The Balaban J connectivity index is 1.39. The highest BCUT2D eigenvalue weighted by molar-refractivity contribution is 6.00. The van der Waals surface area contributed by atoms with Crippen molar-refractivity contribution in [3.8, 4) is 11.5 Å². The predicted octanol–water partition coefficient (Wildman–Crippen LogP) is 3.67. The lowest BCUT2D eigenvalue weighted by molar-refractivity contribution is -0.119. The van der Waals surface area contributed by atoms with Gasteiger partial charge in [0.25, 0.3) is 5.91 Å². The number of rotatable bonds is 6. The molecule has 36 heavy (non-hydrogen) atoms. The number of benzene rings is 2. The molecule has 0 radical (unpaired) electrons. The van der Waals surface area contributed by atoms with Crippen molar-refractivity contribution in [2.75, 3.05) is 24.4 Å². The van der Waals surface area contributed by atoms with Crippen LogP contribution in [0.2, 0.25) is 0 Å². The highest BCUT2D eigenvalue weighted by atomic mass is 16.5. The van der Waals surface area contributed by atoms with Gasteiger partial charge in [-0.25, -0.2) is 0 Å². The van der Waals surface area contributed by atoms with Gasteiger partial charge in [-0.2, -0.15) is 4.68 Å². The van der Waals surface area contributed by atoms with E-state index in [1.165, 1.54) is 7.11 Å². The van der Waals surface area contributed by atoms with Gasteiger partial charge in [0, 0.05) is 23.4 Å². The molecule has 10 nitrogen and oxygen atoms in total. The van der Waals surface area contributed by atoms with E-state index < -0.39 is 6.04 Å². The minimum atomic E-state index is -0.498. The molecule has 0 saturated carbocycles. The fourth-order valence-electron chi connectivity index (χ4n) is 4.73. The zero-order valence-corrected chi connectivity index (χ0v) is 20.7. The SMILES string of the molecule is COc1cc([C@H]2C3=C(CC(C)(C)CC3=O)Nc3nnnn32)ccc1OCC(=O)Nc1ccc(C)cc1. The van der Waals surface area contributed by atoms with Gasteiger partial charge in [-0.05, 0) is 59.0 Å². The number of nitrogens with zero attached hydrogens (tertiary/aromatic N) is 4. The summed E-state index contributed by atoms with van der Waals surface area (Å²) in [6.07, 6.45) is 1.15. The van der Waals surface area contributed by atoms with Gasteiger partial charge in [-0.1, -0.05) is 42.7 Å². The van der Waals surface area contributed by atoms with E-state index in [4.69, 9.17) is 9.47 Å². The lowest BCUT2D eigenvalue weighted by Crippen LogP contribution is -2.36. The second-order valence-electron chi connectivity index (χ2n) is 9.92. The van der Waals surface area contributed by atoms with Crippen LogP contribution in [0, 0.1) is 12.3 Å². The first-order chi connectivity index (χ1) is 17.2. The van der Waals surface area contributed by atoms with Gasteiger partial charge < -0.3 is 20.1 Å². The summed E-state index contributed by atoms with van der Waals surface area (Å²) in [5.41, 5.74) is 3.93. The minimum Gasteiger partial charge on any atom is -0.493 e. The van der Waals surface area contributed by atoms with E-state index in [-0.39, 0.29) is 23.7 Å². The quantitative estimate of drug-likeness (QED) is 0.539. The maximum absolute atomic E-state index is 13.2. The van der Waals surface area contributed by atoms with E-state index in [0.717, 1.165) is 16.8 Å². The smallest absolute Gasteiger partial charge is 0.262 e. The van der Waals surface area contributed by atoms with Gasteiger partial charge in [-0.3, -0.25) is 9.59 Å². The molecule has 0 spiro atoms. The molecule has 1 amide bonds. The fraction of sp³-hybridized carbons (Fsp3) is 0.346. The Hall–Kier alpha value is -4.21. The summed E-state index contributed by atoms with van der Waals surface area (Å²) in [6.45, 7) is 5.95. The fourth-order valence-corrected chi connectivity index (χ4v) is 4.73. The van der Waals surface area contributed by atoms with Crippen LogP contribution in [-0.2, 0) is 9.59 Å². The van der Waals surface area contributed by atoms with Crippen LogP contribution in [0.3, 0.4) is 0 Å². The summed E-state index contributed by atoms with van der Waals surface area (Å²) < 4.78 is 12.9. The first-order valence-corrected chi connectivity index (χ1v) is 11.7. The predicted molar refractivity (Wildman–Crippen MR) is 133 cm³/mol. The third-order valence-electron chi connectivity index (χ3n) is 6.39. The second-order valence-corrected chi connectivity index (χ2v) is 9.92.